The van der Waals surface area contributed by atoms with E-state index in [1.807, 2.05) is 6.92 Å². The maximum atomic E-state index is 10.1. The van der Waals surface area contributed by atoms with Crippen molar-refractivity contribution in [1.82, 2.24) is 0 Å². The summed E-state index contributed by atoms with van der Waals surface area (Å²) in [7, 11) is 0. The van der Waals surface area contributed by atoms with Gasteiger partial charge in [-0.2, -0.15) is 0 Å². The van der Waals surface area contributed by atoms with Gasteiger partial charge >= 0.3 is 0 Å². The van der Waals surface area contributed by atoms with Gasteiger partial charge in [0.25, 0.3) is 0 Å². The van der Waals surface area contributed by atoms with Gasteiger partial charge in [0, 0.05) is 6.42 Å². The van der Waals surface area contributed by atoms with Gasteiger partial charge in [-0.3, -0.25) is 0 Å². The van der Waals surface area contributed by atoms with Crippen molar-refractivity contribution in [1.29, 1.82) is 0 Å². The fraction of sp³-hybridized carbons (Fsp3) is 0.692. The molecular weight excluding hydrogens is 186 g/mol. The maximum Gasteiger partial charge on any atom is 0.117 e. The molecule has 0 amide bonds. The Balaban J connectivity index is 2.21. The average molecular weight is 207 g/mol. The SMILES string of the molecule is C/C=C1/CC(N)(O)CC(C)(C2C=CC2)C1. The van der Waals surface area contributed by atoms with Crippen LogP contribution >= 0.6 is 0 Å². The van der Waals surface area contributed by atoms with E-state index in [1.54, 1.807) is 0 Å². The van der Waals surface area contributed by atoms with Gasteiger partial charge in [-0.1, -0.05) is 30.7 Å². The van der Waals surface area contributed by atoms with Gasteiger partial charge in [-0.05, 0) is 37.5 Å². The van der Waals surface area contributed by atoms with E-state index in [2.05, 4.69) is 25.2 Å². The summed E-state index contributed by atoms with van der Waals surface area (Å²) in [6.45, 7) is 4.29. The zero-order valence-corrected chi connectivity index (χ0v) is 9.66. The summed E-state index contributed by atoms with van der Waals surface area (Å²) in [5.41, 5.74) is 6.38. The summed E-state index contributed by atoms with van der Waals surface area (Å²) in [5, 5.41) is 10.1. The summed E-state index contributed by atoms with van der Waals surface area (Å²) in [4.78, 5) is 0. The predicted octanol–water partition coefficient (Wildman–Crippen LogP) is 2.35. The quantitative estimate of drug-likeness (QED) is 0.512. The number of hydrogen-bond acceptors (Lipinski definition) is 2. The first kappa shape index (κ1) is 10.9. The molecule has 0 bridgehead atoms. The van der Waals surface area contributed by atoms with Gasteiger partial charge in [0.05, 0.1) is 0 Å². The maximum absolute atomic E-state index is 10.1. The van der Waals surface area contributed by atoms with Crippen molar-refractivity contribution >= 4 is 0 Å². The van der Waals surface area contributed by atoms with Crippen molar-refractivity contribution in [2.45, 2.75) is 45.3 Å². The van der Waals surface area contributed by atoms with Crippen LogP contribution in [0.1, 0.15) is 39.5 Å². The molecule has 0 aromatic rings. The Labute approximate surface area is 91.9 Å². The first-order valence-electron chi connectivity index (χ1n) is 5.77. The molecule has 2 heteroatoms. The van der Waals surface area contributed by atoms with Crippen molar-refractivity contribution in [3.05, 3.63) is 23.8 Å². The number of aliphatic hydroxyl groups is 1. The Bertz CT molecular complexity index is 316. The van der Waals surface area contributed by atoms with Crippen molar-refractivity contribution in [2.75, 3.05) is 0 Å². The van der Waals surface area contributed by atoms with E-state index in [4.69, 9.17) is 5.73 Å². The lowest BCUT2D eigenvalue weighted by molar-refractivity contribution is -0.0353. The molecule has 0 saturated heterocycles. The molecule has 3 atom stereocenters. The van der Waals surface area contributed by atoms with Crippen molar-refractivity contribution in [3.63, 3.8) is 0 Å². The van der Waals surface area contributed by atoms with E-state index in [0.717, 1.165) is 12.8 Å². The number of rotatable bonds is 1. The minimum Gasteiger partial charge on any atom is -0.376 e. The highest BCUT2D eigenvalue weighted by molar-refractivity contribution is 5.19. The summed E-state index contributed by atoms with van der Waals surface area (Å²) < 4.78 is 0. The minimum atomic E-state index is -1.00. The molecule has 2 nitrogen and oxygen atoms in total. The molecule has 1 saturated carbocycles. The zero-order valence-electron chi connectivity index (χ0n) is 9.66. The fourth-order valence-corrected chi connectivity index (χ4v) is 3.05. The van der Waals surface area contributed by atoms with E-state index < -0.39 is 5.72 Å². The van der Waals surface area contributed by atoms with Crippen LogP contribution in [0.2, 0.25) is 0 Å². The van der Waals surface area contributed by atoms with Gasteiger partial charge in [0.1, 0.15) is 5.72 Å². The summed E-state index contributed by atoms with van der Waals surface area (Å²) in [6, 6.07) is 0. The second kappa shape index (κ2) is 3.46. The van der Waals surface area contributed by atoms with Crippen molar-refractivity contribution < 1.29 is 5.11 Å². The molecule has 0 radical (unpaired) electrons. The number of allylic oxidation sites excluding steroid dienone is 3. The second-order valence-electron chi connectivity index (χ2n) is 5.51. The molecule has 2 rings (SSSR count). The van der Waals surface area contributed by atoms with E-state index in [9.17, 15) is 5.11 Å². The van der Waals surface area contributed by atoms with Crippen LogP contribution in [-0.2, 0) is 0 Å². The Hall–Kier alpha value is -0.600. The predicted molar refractivity (Wildman–Crippen MR) is 62.1 cm³/mol. The molecule has 0 heterocycles. The largest absolute Gasteiger partial charge is 0.376 e. The summed E-state index contributed by atoms with van der Waals surface area (Å²) in [5.74, 6) is 0.600. The molecule has 0 aromatic heterocycles. The van der Waals surface area contributed by atoms with Gasteiger partial charge in [0.15, 0.2) is 0 Å². The number of nitrogens with two attached hydrogens (primary N) is 1. The van der Waals surface area contributed by atoms with E-state index in [0.29, 0.717) is 18.8 Å². The Morgan fingerprint density at radius 3 is 2.67 bits per heavy atom. The van der Waals surface area contributed by atoms with Crippen molar-refractivity contribution in [2.24, 2.45) is 17.1 Å². The Morgan fingerprint density at radius 2 is 2.20 bits per heavy atom. The molecule has 0 spiro atoms. The van der Waals surface area contributed by atoms with Crippen LogP contribution in [0.3, 0.4) is 0 Å². The molecule has 0 aliphatic heterocycles. The highest BCUT2D eigenvalue weighted by Crippen LogP contribution is 2.50. The van der Waals surface area contributed by atoms with Gasteiger partial charge in [-0.25, -0.2) is 0 Å². The summed E-state index contributed by atoms with van der Waals surface area (Å²) >= 11 is 0. The number of hydrogen-bond donors (Lipinski definition) is 2. The Kier molecular flexibility index (Phi) is 2.52. The molecule has 1 fully saturated rings. The van der Waals surface area contributed by atoms with E-state index in [1.165, 1.54) is 5.57 Å². The lowest BCUT2D eigenvalue weighted by Gasteiger charge is -2.48. The molecule has 0 aromatic carbocycles. The molecule has 3 unspecified atom stereocenters. The van der Waals surface area contributed by atoms with Crippen LogP contribution in [0.4, 0.5) is 0 Å². The third-order valence-electron chi connectivity index (χ3n) is 3.94. The zero-order chi connectivity index (χ0) is 11.1. The van der Waals surface area contributed by atoms with Crippen LogP contribution in [0.15, 0.2) is 23.8 Å². The minimum absolute atomic E-state index is 0.151. The molecule has 84 valence electrons. The van der Waals surface area contributed by atoms with Crippen molar-refractivity contribution in [3.8, 4) is 0 Å². The monoisotopic (exact) mass is 207 g/mol. The Morgan fingerprint density at radius 1 is 1.53 bits per heavy atom. The molecule has 2 aliphatic carbocycles. The first-order chi connectivity index (χ1) is 6.95. The van der Waals surface area contributed by atoms with E-state index >= 15 is 0 Å². The molecule has 2 aliphatic rings. The topological polar surface area (TPSA) is 46.2 Å². The van der Waals surface area contributed by atoms with Crippen LogP contribution < -0.4 is 5.73 Å². The molecular formula is C13H21NO. The first-order valence-corrected chi connectivity index (χ1v) is 5.77. The van der Waals surface area contributed by atoms with Crippen LogP contribution in [-0.4, -0.2) is 10.8 Å². The lowest BCUT2D eigenvalue weighted by Crippen LogP contribution is -2.50. The second-order valence-corrected chi connectivity index (χ2v) is 5.51. The van der Waals surface area contributed by atoms with Crippen LogP contribution in [0, 0.1) is 11.3 Å². The standard InChI is InChI=1S/C13H21NO/c1-3-10-7-12(2,11-5-4-6-11)9-13(14,15)8-10/h3-5,11,15H,6-9,14H2,1-2H3/b10-3+. The van der Waals surface area contributed by atoms with Crippen LogP contribution in [0.5, 0.6) is 0 Å². The molecule has 15 heavy (non-hydrogen) atoms. The highest BCUT2D eigenvalue weighted by atomic mass is 16.3. The van der Waals surface area contributed by atoms with Gasteiger partial charge in [-0.15, -0.1) is 0 Å². The summed E-state index contributed by atoms with van der Waals surface area (Å²) in [6.07, 6.45) is 10.1. The highest BCUT2D eigenvalue weighted by Gasteiger charge is 2.45. The van der Waals surface area contributed by atoms with Gasteiger partial charge in [0.2, 0.25) is 0 Å². The third kappa shape index (κ3) is 2.01. The van der Waals surface area contributed by atoms with Crippen LogP contribution in [0.25, 0.3) is 0 Å². The molecule has 3 N–H and O–H groups in total. The average Bonchev–Trinajstić information content (AvgIpc) is 1.95. The third-order valence-corrected chi connectivity index (χ3v) is 3.94. The lowest BCUT2D eigenvalue weighted by atomic mass is 9.60. The van der Waals surface area contributed by atoms with Gasteiger partial charge < -0.3 is 10.8 Å². The smallest absolute Gasteiger partial charge is 0.117 e. The van der Waals surface area contributed by atoms with E-state index in [-0.39, 0.29) is 5.41 Å². The normalized spacial score (nSPS) is 48.0. The fourth-order valence-electron chi connectivity index (χ4n) is 3.05.